The minimum atomic E-state index is -0.950. The summed E-state index contributed by atoms with van der Waals surface area (Å²) in [4.78, 5) is 17.1. The van der Waals surface area contributed by atoms with Crippen molar-refractivity contribution in [1.82, 2.24) is 15.2 Å². The van der Waals surface area contributed by atoms with Crippen molar-refractivity contribution in [3.05, 3.63) is 41.7 Å². The second-order valence-corrected chi connectivity index (χ2v) is 6.98. The smallest absolute Gasteiger partial charge is 0.413 e. The van der Waals surface area contributed by atoms with Gasteiger partial charge in [-0.3, -0.25) is 4.90 Å². The molecule has 0 bridgehead atoms. The molecular formula is C18H22ClN5O2. The summed E-state index contributed by atoms with van der Waals surface area (Å²) in [5.74, 6) is 2.13. The number of carboxylic acid groups (broad SMARTS) is 1. The Labute approximate surface area is 157 Å². The number of carbonyl (C=O) groups is 1. The second-order valence-electron chi connectivity index (χ2n) is 6.59. The van der Waals surface area contributed by atoms with Gasteiger partial charge in [0, 0.05) is 19.3 Å². The standard InChI is InChI=1S/C18H22ClN5O2/c19-15-8-9-16(23-22-15)21-11-13-4-6-14(7-5-13)12-24(18(25)26)17-3-1-2-10-20-17/h1-3,8-10,13-14H,4-7,11-12H2,(H,21,23)(H,25,26). The molecule has 1 amide bonds. The van der Waals surface area contributed by atoms with Crippen molar-refractivity contribution in [3.8, 4) is 0 Å². The fraction of sp³-hybridized carbons (Fsp3) is 0.444. The predicted octanol–water partition coefficient (Wildman–Crippen LogP) is 3.93. The molecule has 1 fully saturated rings. The molecule has 0 unspecified atom stereocenters. The van der Waals surface area contributed by atoms with E-state index in [9.17, 15) is 9.90 Å². The van der Waals surface area contributed by atoms with Gasteiger partial charge in [0.25, 0.3) is 0 Å². The molecule has 0 radical (unpaired) electrons. The third kappa shape index (κ3) is 5.05. The van der Waals surface area contributed by atoms with Gasteiger partial charge in [0.2, 0.25) is 0 Å². The molecule has 0 atom stereocenters. The second kappa shape index (κ2) is 8.80. The maximum absolute atomic E-state index is 11.6. The lowest BCUT2D eigenvalue weighted by Crippen LogP contribution is -2.36. The number of aromatic nitrogens is 3. The van der Waals surface area contributed by atoms with E-state index in [1.807, 2.05) is 6.07 Å². The molecule has 1 aliphatic carbocycles. The van der Waals surface area contributed by atoms with Crippen molar-refractivity contribution in [2.75, 3.05) is 23.3 Å². The number of hydrogen-bond donors (Lipinski definition) is 2. The SMILES string of the molecule is O=C(O)N(CC1CCC(CNc2ccc(Cl)nn2)CC1)c1ccccn1. The molecule has 3 rings (SSSR count). The number of halogens is 1. The van der Waals surface area contributed by atoms with Crippen molar-refractivity contribution in [1.29, 1.82) is 0 Å². The number of nitrogens with zero attached hydrogens (tertiary/aromatic N) is 4. The molecule has 0 saturated heterocycles. The molecule has 0 spiro atoms. The molecule has 2 heterocycles. The molecule has 138 valence electrons. The highest BCUT2D eigenvalue weighted by Crippen LogP contribution is 2.30. The summed E-state index contributed by atoms with van der Waals surface area (Å²) < 4.78 is 0. The van der Waals surface area contributed by atoms with Crippen LogP contribution in [0.1, 0.15) is 25.7 Å². The summed E-state index contributed by atoms with van der Waals surface area (Å²) >= 11 is 5.73. The van der Waals surface area contributed by atoms with Gasteiger partial charge < -0.3 is 10.4 Å². The third-order valence-electron chi connectivity index (χ3n) is 4.77. The summed E-state index contributed by atoms with van der Waals surface area (Å²) in [7, 11) is 0. The van der Waals surface area contributed by atoms with E-state index in [0.29, 0.717) is 29.4 Å². The number of pyridine rings is 1. The number of rotatable bonds is 6. The number of hydrogen-bond acceptors (Lipinski definition) is 5. The van der Waals surface area contributed by atoms with Crippen molar-refractivity contribution in [2.24, 2.45) is 11.8 Å². The van der Waals surface area contributed by atoms with Gasteiger partial charge >= 0.3 is 6.09 Å². The first-order valence-corrected chi connectivity index (χ1v) is 9.14. The van der Waals surface area contributed by atoms with E-state index in [2.05, 4.69) is 20.5 Å². The lowest BCUT2D eigenvalue weighted by molar-refractivity contribution is 0.197. The molecule has 2 aromatic heterocycles. The van der Waals surface area contributed by atoms with Crippen LogP contribution in [-0.4, -0.2) is 39.5 Å². The van der Waals surface area contributed by atoms with Crippen molar-refractivity contribution in [3.63, 3.8) is 0 Å². The summed E-state index contributed by atoms with van der Waals surface area (Å²) in [5, 5.41) is 21.0. The van der Waals surface area contributed by atoms with E-state index in [4.69, 9.17) is 11.6 Å². The van der Waals surface area contributed by atoms with E-state index < -0.39 is 6.09 Å². The third-order valence-corrected chi connectivity index (χ3v) is 4.97. The lowest BCUT2D eigenvalue weighted by atomic mass is 9.81. The minimum Gasteiger partial charge on any atom is -0.465 e. The van der Waals surface area contributed by atoms with E-state index in [1.54, 1.807) is 30.5 Å². The Kier molecular flexibility index (Phi) is 6.22. The average molecular weight is 376 g/mol. The summed E-state index contributed by atoms with van der Waals surface area (Å²) in [5.41, 5.74) is 0. The predicted molar refractivity (Wildman–Crippen MR) is 101 cm³/mol. The van der Waals surface area contributed by atoms with Crippen LogP contribution >= 0.6 is 11.6 Å². The van der Waals surface area contributed by atoms with Crippen molar-refractivity contribution < 1.29 is 9.90 Å². The van der Waals surface area contributed by atoms with E-state index in [0.717, 1.165) is 38.0 Å². The van der Waals surface area contributed by atoms with Gasteiger partial charge in [-0.1, -0.05) is 17.7 Å². The first kappa shape index (κ1) is 18.4. The van der Waals surface area contributed by atoms with Gasteiger partial charge in [0.05, 0.1) is 0 Å². The van der Waals surface area contributed by atoms with Crippen LogP contribution in [0.3, 0.4) is 0 Å². The van der Waals surface area contributed by atoms with Crippen molar-refractivity contribution >= 4 is 29.3 Å². The van der Waals surface area contributed by atoms with E-state index in [1.165, 1.54) is 4.90 Å². The Hall–Kier alpha value is -2.41. The topological polar surface area (TPSA) is 91.2 Å². The monoisotopic (exact) mass is 375 g/mol. The normalized spacial score (nSPS) is 19.7. The van der Waals surface area contributed by atoms with Gasteiger partial charge in [-0.25, -0.2) is 9.78 Å². The van der Waals surface area contributed by atoms with Gasteiger partial charge in [0.1, 0.15) is 11.6 Å². The number of anilines is 2. The zero-order valence-electron chi connectivity index (χ0n) is 14.4. The van der Waals surface area contributed by atoms with Crippen molar-refractivity contribution in [2.45, 2.75) is 25.7 Å². The van der Waals surface area contributed by atoms with E-state index >= 15 is 0 Å². The average Bonchev–Trinajstić information content (AvgIpc) is 2.67. The highest BCUT2D eigenvalue weighted by molar-refractivity contribution is 6.29. The Morgan fingerprint density at radius 2 is 1.92 bits per heavy atom. The summed E-state index contributed by atoms with van der Waals surface area (Å²) in [6.07, 6.45) is 4.81. The van der Waals surface area contributed by atoms with E-state index in [-0.39, 0.29) is 0 Å². The maximum Gasteiger partial charge on any atom is 0.413 e. The lowest BCUT2D eigenvalue weighted by Gasteiger charge is -2.31. The number of nitrogens with one attached hydrogen (secondary N) is 1. The molecule has 26 heavy (non-hydrogen) atoms. The quantitative estimate of drug-likeness (QED) is 0.794. The van der Waals surface area contributed by atoms with Crippen LogP contribution in [0.25, 0.3) is 0 Å². The molecule has 2 aromatic rings. The molecule has 0 aromatic carbocycles. The van der Waals surface area contributed by atoms with Gasteiger partial charge in [0.15, 0.2) is 5.15 Å². The summed E-state index contributed by atoms with van der Waals surface area (Å²) in [6.45, 7) is 1.33. The molecule has 2 N–H and O–H groups in total. The number of amides is 1. The van der Waals surface area contributed by atoms with Gasteiger partial charge in [-0.2, -0.15) is 0 Å². The molecule has 7 nitrogen and oxygen atoms in total. The fourth-order valence-corrected chi connectivity index (χ4v) is 3.42. The van der Waals surface area contributed by atoms with Gasteiger partial charge in [-0.05, 0) is 61.8 Å². The fourth-order valence-electron chi connectivity index (χ4n) is 3.32. The first-order valence-electron chi connectivity index (χ1n) is 8.76. The Morgan fingerprint density at radius 1 is 1.15 bits per heavy atom. The highest BCUT2D eigenvalue weighted by Gasteiger charge is 2.26. The van der Waals surface area contributed by atoms with Crippen LogP contribution in [0.4, 0.5) is 16.4 Å². The molecule has 8 heteroatoms. The Morgan fingerprint density at radius 3 is 2.54 bits per heavy atom. The zero-order valence-corrected chi connectivity index (χ0v) is 15.1. The van der Waals surface area contributed by atoms with Crippen LogP contribution < -0.4 is 10.2 Å². The van der Waals surface area contributed by atoms with Crippen LogP contribution in [0, 0.1) is 11.8 Å². The van der Waals surface area contributed by atoms with Crippen LogP contribution in [-0.2, 0) is 0 Å². The molecule has 1 saturated carbocycles. The first-order chi connectivity index (χ1) is 12.6. The molecular weight excluding hydrogens is 354 g/mol. The maximum atomic E-state index is 11.6. The Balaban J connectivity index is 1.47. The molecule has 0 aliphatic heterocycles. The van der Waals surface area contributed by atoms with Gasteiger partial charge in [-0.15, -0.1) is 10.2 Å². The van der Waals surface area contributed by atoms with Crippen LogP contribution in [0.5, 0.6) is 0 Å². The highest BCUT2D eigenvalue weighted by atomic mass is 35.5. The minimum absolute atomic E-state index is 0.361. The van der Waals surface area contributed by atoms with Crippen LogP contribution in [0.15, 0.2) is 36.5 Å². The largest absolute Gasteiger partial charge is 0.465 e. The Bertz CT molecular complexity index is 705. The van der Waals surface area contributed by atoms with Crippen LogP contribution in [0.2, 0.25) is 5.15 Å². The zero-order chi connectivity index (χ0) is 18.4. The molecule has 1 aliphatic rings. The summed E-state index contributed by atoms with van der Waals surface area (Å²) in [6, 6.07) is 8.86.